The number of carbonyl (C=O) groups is 1. The van der Waals surface area contributed by atoms with Crippen molar-refractivity contribution in [1.82, 2.24) is 9.78 Å². The lowest BCUT2D eigenvalue weighted by Crippen LogP contribution is -2.42. The van der Waals surface area contributed by atoms with Gasteiger partial charge in [0.05, 0.1) is 28.0 Å². The highest BCUT2D eigenvalue weighted by Crippen LogP contribution is 2.34. The van der Waals surface area contributed by atoms with Gasteiger partial charge in [0.15, 0.2) is 5.69 Å². The van der Waals surface area contributed by atoms with Gasteiger partial charge in [-0.1, -0.05) is 83.9 Å². The van der Waals surface area contributed by atoms with Gasteiger partial charge in [-0.15, -0.1) is 0 Å². The summed E-state index contributed by atoms with van der Waals surface area (Å²) in [6.45, 7) is 2.50. The van der Waals surface area contributed by atoms with Gasteiger partial charge in [0.25, 0.3) is 5.91 Å². The third-order valence-corrected chi connectivity index (χ3v) is 6.37. The second-order valence-corrected chi connectivity index (χ2v) is 8.69. The van der Waals surface area contributed by atoms with Crippen molar-refractivity contribution in [2.24, 2.45) is 4.99 Å². The quantitative estimate of drug-likeness (QED) is 0.288. The number of fused-ring (bicyclic) bond motifs is 1. The van der Waals surface area contributed by atoms with Crippen molar-refractivity contribution in [3.63, 3.8) is 0 Å². The van der Waals surface area contributed by atoms with Crippen LogP contribution in [-0.4, -0.2) is 27.9 Å². The van der Waals surface area contributed by atoms with Crippen LogP contribution in [0.5, 0.6) is 0 Å². The highest BCUT2D eigenvalue weighted by Gasteiger charge is 2.34. The maximum Gasteiger partial charge on any atom is 0.278 e. The number of anilines is 1. The zero-order chi connectivity index (χ0) is 22.9. The fourth-order valence-corrected chi connectivity index (χ4v) is 4.31. The summed E-state index contributed by atoms with van der Waals surface area (Å²) in [7, 11) is 0. The predicted octanol–water partition coefficient (Wildman–Crippen LogP) is 6.69. The van der Waals surface area contributed by atoms with Gasteiger partial charge in [0.2, 0.25) is 0 Å². The minimum absolute atomic E-state index is 0. The lowest BCUT2D eigenvalue weighted by atomic mass is 10.0. The maximum absolute atomic E-state index is 13.6. The Morgan fingerprint density at radius 3 is 2.15 bits per heavy atom. The van der Waals surface area contributed by atoms with Crippen LogP contribution in [0.15, 0.2) is 90.1 Å². The largest absolute Gasteiger partial charge is 0.305 e. The number of hydrogen-bond donors (Lipinski definition) is 0. The Hall–Kier alpha value is -3.06. The van der Waals surface area contributed by atoms with Gasteiger partial charge in [0.1, 0.15) is 5.69 Å². The van der Waals surface area contributed by atoms with E-state index in [1.807, 2.05) is 67.6 Å². The monoisotopic (exact) mass is 508 g/mol. The van der Waals surface area contributed by atoms with Gasteiger partial charge in [-0.2, -0.15) is 18.6 Å². The second-order valence-electron chi connectivity index (χ2n) is 7.88. The second kappa shape index (κ2) is 10.1. The summed E-state index contributed by atoms with van der Waals surface area (Å²) in [5.41, 5.74) is 4.36. The fourth-order valence-electron chi connectivity index (χ4n) is 4.01. The van der Waals surface area contributed by atoms with Crippen molar-refractivity contribution in [3.8, 4) is 0 Å². The highest BCUT2D eigenvalue weighted by atomic mass is 35.5. The van der Waals surface area contributed by atoms with Crippen molar-refractivity contribution in [2.45, 2.75) is 13.0 Å². The molecular weight excluding hydrogens is 487 g/mol. The highest BCUT2D eigenvalue weighted by molar-refractivity contribution is 7.59. The lowest BCUT2D eigenvalue weighted by Gasteiger charge is -2.32. The van der Waals surface area contributed by atoms with Crippen LogP contribution < -0.4 is 4.90 Å². The van der Waals surface area contributed by atoms with E-state index >= 15 is 0 Å². The molecule has 1 amide bonds. The number of carbonyl (C=O) groups excluding carboxylic acids is 1. The van der Waals surface area contributed by atoms with Crippen molar-refractivity contribution in [3.05, 3.63) is 112 Å². The Morgan fingerprint density at radius 1 is 0.941 bits per heavy atom. The molecule has 172 valence electrons. The van der Waals surface area contributed by atoms with E-state index in [1.165, 1.54) is 0 Å². The molecule has 4 aromatic rings. The zero-order valence-corrected chi connectivity index (χ0v) is 20.8. The molecule has 0 unspecified atom stereocenters. The van der Waals surface area contributed by atoms with E-state index in [-0.39, 0.29) is 25.4 Å². The summed E-state index contributed by atoms with van der Waals surface area (Å²) in [6.07, 6.45) is 1.66. The third kappa shape index (κ3) is 4.49. The normalized spacial score (nSPS) is 14.9. The van der Waals surface area contributed by atoms with E-state index in [0.29, 0.717) is 33.7 Å². The predicted molar refractivity (Wildman–Crippen MR) is 144 cm³/mol. The van der Waals surface area contributed by atoms with E-state index < -0.39 is 0 Å². The van der Waals surface area contributed by atoms with Crippen molar-refractivity contribution in [1.29, 1.82) is 0 Å². The third-order valence-electron chi connectivity index (χ3n) is 5.63. The Bertz CT molecular complexity index is 1310. The number of halogens is 2. The molecule has 0 bridgehead atoms. The standard InChI is InChI=1S/C26H20Cl2N4O.H2S/c1-17-16-31(20-12-13-21(27)22(28)14-20)26(33)25-23(15-29-32(17)25)30-24(18-8-4-2-5-9-18)19-10-6-3-7-11-19;/h2-15,17H,16H2,1H3;1H2/t17-;/m0./s1. The van der Waals surface area contributed by atoms with Gasteiger partial charge in [-0.25, -0.2) is 4.99 Å². The van der Waals surface area contributed by atoms with Gasteiger partial charge in [-0.3, -0.25) is 9.48 Å². The van der Waals surface area contributed by atoms with Crippen molar-refractivity contribution < 1.29 is 4.79 Å². The fraction of sp³-hybridized carbons (Fsp3) is 0.115. The van der Waals surface area contributed by atoms with Gasteiger partial charge in [0, 0.05) is 23.4 Å². The number of benzene rings is 3. The van der Waals surface area contributed by atoms with Gasteiger partial charge in [-0.05, 0) is 25.1 Å². The average Bonchev–Trinajstić information content (AvgIpc) is 3.27. The zero-order valence-electron chi connectivity index (χ0n) is 18.3. The summed E-state index contributed by atoms with van der Waals surface area (Å²) in [5.74, 6) is -0.178. The summed E-state index contributed by atoms with van der Waals surface area (Å²) in [6, 6.07) is 25.0. The molecule has 0 radical (unpaired) electrons. The van der Waals surface area contributed by atoms with E-state index in [2.05, 4.69) is 5.10 Å². The number of amides is 1. The van der Waals surface area contributed by atoms with Crippen LogP contribution in [-0.2, 0) is 0 Å². The SMILES string of the molecule is C[C@H]1CN(c2ccc(Cl)c(Cl)c2)C(=O)c2c(N=C(c3ccccc3)c3ccccc3)cnn21.S. The minimum atomic E-state index is -0.178. The Kier molecular flexibility index (Phi) is 7.12. The number of rotatable bonds is 4. The summed E-state index contributed by atoms with van der Waals surface area (Å²) >= 11 is 12.3. The first-order chi connectivity index (χ1) is 16.0. The molecule has 5 rings (SSSR count). The molecule has 5 nitrogen and oxygen atoms in total. The van der Waals surface area contributed by atoms with E-state index in [1.54, 1.807) is 34.0 Å². The van der Waals surface area contributed by atoms with Crippen LogP contribution in [0, 0.1) is 0 Å². The molecule has 1 aliphatic rings. The van der Waals surface area contributed by atoms with Crippen molar-refractivity contribution in [2.75, 3.05) is 11.4 Å². The smallest absolute Gasteiger partial charge is 0.278 e. The molecule has 0 aliphatic carbocycles. The molecular formula is C26H22Cl2N4OS. The van der Waals surface area contributed by atoms with Crippen LogP contribution in [0.4, 0.5) is 11.4 Å². The molecule has 0 saturated heterocycles. The first-order valence-corrected chi connectivity index (χ1v) is 11.3. The summed E-state index contributed by atoms with van der Waals surface area (Å²) in [5, 5.41) is 5.36. The summed E-state index contributed by atoms with van der Waals surface area (Å²) < 4.78 is 1.75. The molecule has 3 aromatic carbocycles. The lowest BCUT2D eigenvalue weighted by molar-refractivity contribution is 0.0954. The molecule has 1 atom stereocenters. The summed E-state index contributed by atoms with van der Waals surface area (Å²) in [4.78, 5) is 20.3. The molecule has 34 heavy (non-hydrogen) atoms. The van der Waals surface area contributed by atoms with Crippen LogP contribution >= 0.6 is 36.7 Å². The minimum Gasteiger partial charge on any atom is -0.305 e. The number of aromatic nitrogens is 2. The van der Waals surface area contributed by atoms with E-state index in [4.69, 9.17) is 28.2 Å². The number of hydrogen-bond acceptors (Lipinski definition) is 3. The topological polar surface area (TPSA) is 50.5 Å². The van der Waals surface area contributed by atoms with Crippen LogP contribution in [0.3, 0.4) is 0 Å². The van der Waals surface area contributed by atoms with Gasteiger partial charge >= 0.3 is 0 Å². The molecule has 1 aliphatic heterocycles. The first kappa shape index (κ1) is 24.1. The molecule has 0 spiro atoms. The number of aliphatic imine (C=N–C) groups is 1. The molecule has 0 fully saturated rings. The Morgan fingerprint density at radius 2 is 1.56 bits per heavy atom. The number of nitrogens with zero attached hydrogens (tertiary/aromatic N) is 4. The van der Waals surface area contributed by atoms with Crippen molar-refractivity contribution >= 4 is 59.7 Å². The van der Waals surface area contributed by atoms with Crippen LogP contribution in [0.1, 0.15) is 34.6 Å². The molecule has 1 aromatic heterocycles. The Labute approximate surface area is 215 Å². The maximum atomic E-state index is 13.6. The Balaban J connectivity index is 0.00000274. The van der Waals surface area contributed by atoms with E-state index in [0.717, 1.165) is 16.8 Å². The molecule has 8 heteroatoms. The van der Waals surface area contributed by atoms with E-state index in [9.17, 15) is 4.79 Å². The molecule has 0 N–H and O–H groups in total. The van der Waals surface area contributed by atoms with Crippen LogP contribution in [0.25, 0.3) is 0 Å². The average molecular weight is 509 g/mol. The van der Waals surface area contributed by atoms with Gasteiger partial charge < -0.3 is 4.90 Å². The molecule has 2 heterocycles. The molecule has 0 saturated carbocycles. The van der Waals surface area contributed by atoms with Crippen LogP contribution in [0.2, 0.25) is 10.0 Å². The first-order valence-electron chi connectivity index (χ1n) is 10.6.